The maximum atomic E-state index is 13.1. The van der Waals surface area contributed by atoms with Gasteiger partial charge in [-0.3, -0.25) is 0 Å². The molecular formula is C22H25FN4S. The van der Waals surface area contributed by atoms with Crippen molar-refractivity contribution in [2.24, 2.45) is 0 Å². The van der Waals surface area contributed by atoms with Gasteiger partial charge in [0.05, 0.1) is 11.7 Å². The third-order valence-electron chi connectivity index (χ3n) is 5.23. The molecule has 1 saturated heterocycles. The van der Waals surface area contributed by atoms with Gasteiger partial charge in [-0.2, -0.15) is 5.10 Å². The van der Waals surface area contributed by atoms with E-state index in [1.807, 2.05) is 29.0 Å². The Balaban J connectivity index is 1.44. The fourth-order valence-corrected chi connectivity index (χ4v) is 4.67. The second-order valence-electron chi connectivity index (χ2n) is 7.11. The average molecular weight is 397 g/mol. The normalized spacial score (nSPS) is 15.8. The monoisotopic (exact) mass is 396 g/mol. The summed E-state index contributed by atoms with van der Waals surface area (Å²) in [5.74, 6) is 0.361. The third-order valence-corrected chi connectivity index (χ3v) is 6.34. The summed E-state index contributed by atoms with van der Waals surface area (Å²) >= 11 is 1.72. The number of halogens is 1. The van der Waals surface area contributed by atoms with Crippen LogP contribution in [0.2, 0.25) is 0 Å². The molecule has 3 heterocycles. The first-order valence-corrected chi connectivity index (χ1v) is 10.5. The molecule has 3 aromatic rings. The number of rotatable bonds is 6. The molecule has 0 atom stereocenters. The highest BCUT2D eigenvalue weighted by Crippen LogP contribution is 2.34. The summed E-state index contributed by atoms with van der Waals surface area (Å²) in [6, 6.07) is 11.2. The lowest BCUT2D eigenvalue weighted by molar-refractivity contribution is 0.346. The largest absolute Gasteiger partial charge is 0.385 e. The number of hydrogen-bond donors (Lipinski definition) is 1. The first-order valence-electron chi connectivity index (χ1n) is 9.73. The van der Waals surface area contributed by atoms with Crippen LogP contribution in [0, 0.1) is 5.82 Å². The fourth-order valence-electron chi connectivity index (χ4n) is 3.72. The molecule has 28 heavy (non-hydrogen) atoms. The SMILES string of the molecule is C=C(NCC)c1cnn2ccc(C3CCN(Sc4ccc(F)cc4)CC3)cc12. The first kappa shape index (κ1) is 19.0. The van der Waals surface area contributed by atoms with E-state index in [9.17, 15) is 4.39 Å². The van der Waals surface area contributed by atoms with E-state index in [0.717, 1.165) is 54.1 Å². The lowest BCUT2D eigenvalue weighted by Gasteiger charge is -2.31. The maximum Gasteiger partial charge on any atom is 0.123 e. The van der Waals surface area contributed by atoms with Crippen molar-refractivity contribution in [3.63, 3.8) is 0 Å². The number of nitrogens with one attached hydrogen (secondary N) is 1. The van der Waals surface area contributed by atoms with E-state index in [-0.39, 0.29) is 5.82 Å². The van der Waals surface area contributed by atoms with Crippen molar-refractivity contribution < 1.29 is 4.39 Å². The van der Waals surface area contributed by atoms with Gasteiger partial charge >= 0.3 is 0 Å². The Hall–Kier alpha value is -2.31. The fraction of sp³-hybridized carbons (Fsp3) is 0.318. The standard InChI is InChI=1S/C22H25FN4S/c1-3-24-16(2)21-15-25-27-13-10-18(14-22(21)27)17-8-11-26(12-9-17)28-20-6-4-19(23)5-7-20/h4-7,10,13-15,17,24H,2-3,8-9,11-12H2,1H3. The predicted molar refractivity (Wildman–Crippen MR) is 114 cm³/mol. The molecule has 0 bridgehead atoms. The van der Waals surface area contributed by atoms with Crippen molar-refractivity contribution in [2.75, 3.05) is 19.6 Å². The molecule has 0 radical (unpaired) electrons. The summed E-state index contributed by atoms with van der Waals surface area (Å²) < 4.78 is 17.4. The molecule has 6 heteroatoms. The smallest absolute Gasteiger partial charge is 0.123 e. The van der Waals surface area contributed by atoms with E-state index in [1.165, 1.54) is 17.7 Å². The van der Waals surface area contributed by atoms with Crippen molar-refractivity contribution in [3.8, 4) is 0 Å². The minimum absolute atomic E-state index is 0.186. The van der Waals surface area contributed by atoms with E-state index in [2.05, 4.69) is 40.4 Å². The Kier molecular flexibility index (Phi) is 5.69. The van der Waals surface area contributed by atoms with Gasteiger partial charge < -0.3 is 5.32 Å². The van der Waals surface area contributed by atoms with Gasteiger partial charge in [-0.1, -0.05) is 6.58 Å². The predicted octanol–water partition coefficient (Wildman–Crippen LogP) is 4.94. The quantitative estimate of drug-likeness (QED) is 0.598. The Morgan fingerprint density at radius 3 is 2.71 bits per heavy atom. The summed E-state index contributed by atoms with van der Waals surface area (Å²) in [6.07, 6.45) is 6.16. The molecule has 0 unspecified atom stereocenters. The van der Waals surface area contributed by atoms with Gasteiger partial charge in [-0.25, -0.2) is 13.2 Å². The zero-order chi connectivity index (χ0) is 19.5. The molecule has 1 fully saturated rings. The zero-order valence-electron chi connectivity index (χ0n) is 16.1. The average Bonchev–Trinajstić information content (AvgIpc) is 3.14. The number of fused-ring (bicyclic) bond motifs is 1. The Bertz CT molecular complexity index is 958. The van der Waals surface area contributed by atoms with Crippen LogP contribution >= 0.6 is 11.9 Å². The summed E-state index contributed by atoms with van der Waals surface area (Å²) in [4.78, 5) is 1.09. The highest BCUT2D eigenvalue weighted by Gasteiger charge is 2.22. The number of pyridine rings is 1. The van der Waals surface area contributed by atoms with Crippen LogP contribution in [0.3, 0.4) is 0 Å². The van der Waals surface area contributed by atoms with Crippen molar-refractivity contribution in [2.45, 2.75) is 30.6 Å². The third kappa shape index (κ3) is 4.08. The van der Waals surface area contributed by atoms with E-state index in [4.69, 9.17) is 0 Å². The van der Waals surface area contributed by atoms with Crippen LogP contribution < -0.4 is 5.32 Å². The molecule has 0 amide bonds. The first-order chi connectivity index (χ1) is 13.6. The number of benzene rings is 1. The minimum Gasteiger partial charge on any atom is -0.385 e. The van der Waals surface area contributed by atoms with E-state index >= 15 is 0 Å². The van der Waals surface area contributed by atoms with Crippen molar-refractivity contribution in [3.05, 3.63) is 72.3 Å². The van der Waals surface area contributed by atoms with Crippen LogP contribution in [0.15, 0.2) is 60.3 Å². The minimum atomic E-state index is -0.186. The number of aromatic nitrogens is 2. The molecule has 146 valence electrons. The molecule has 2 aromatic heterocycles. The lowest BCUT2D eigenvalue weighted by atomic mass is 9.90. The van der Waals surface area contributed by atoms with Crippen LogP contribution in [-0.4, -0.2) is 33.6 Å². The molecule has 0 saturated carbocycles. The molecule has 4 nitrogen and oxygen atoms in total. The molecule has 1 aliphatic rings. The Morgan fingerprint density at radius 1 is 1.25 bits per heavy atom. The molecule has 0 aliphatic carbocycles. The van der Waals surface area contributed by atoms with Crippen LogP contribution in [-0.2, 0) is 0 Å². The molecule has 1 N–H and O–H groups in total. The van der Waals surface area contributed by atoms with Crippen molar-refractivity contribution in [1.29, 1.82) is 0 Å². The van der Waals surface area contributed by atoms with Crippen molar-refractivity contribution in [1.82, 2.24) is 19.2 Å². The molecule has 4 rings (SSSR count). The van der Waals surface area contributed by atoms with Gasteiger partial charge in [-0.05, 0) is 79.6 Å². The second-order valence-corrected chi connectivity index (χ2v) is 8.28. The Labute approximate surface area is 169 Å². The number of piperidine rings is 1. The van der Waals surface area contributed by atoms with E-state index in [0.29, 0.717) is 5.92 Å². The Morgan fingerprint density at radius 2 is 2.00 bits per heavy atom. The molecule has 0 spiro atoms. The lowest BCUT2D eigenvalue weighted by Crippen LogP contribution is -2.27. The molecule has 1 aliphatic heterocycles. The second kappa shape index (κ2) is 8.37. The maximum absolute atomic E-state index is 13.1. The van der Waals surface area contributed by atoms with Gasteiger partial charge in [0, 0.05) is 42.0 Å². The van der Waals surface area contributed by atoms with Crippen molar-refractivity contribution >= 4 is 23.2 Å². The summed E-state index contributed by atoms with van der Waals surface area (Å²) in [6.45, 7) is 9.10. The zero-order valence-corrected chi connectivity index (χ0v) is 16.9. The highest BCUT2D eigenvalue weighted by molar-refractivity contribution is 7.97. The van der Waals surface area contributed by atoms with Gasteiger partial charge in [0.2, 0.25) is 0 Å². The van der Waals surface area contributed by atoms with Gasteiger partial charge in [0.1, 0.15) is 5.82 Å². The van der Waals surface area contributed by atoms with E-state index < -0.39 is 0 Å². The van der Waals surface area contributed by atoms with Crippen LogP contribution in [0.4, 0.5) is 4.39 Å². The molecular weight excluding hydrogens is 371 g/mol. The van der Waals surface area contributed by atoms with Crippen LogP contribution in [0.1, 0.15) is 36.8 Å². The summed E-state index contributed by atoms with van der Waals surface area (Å²) in [7, 11) is 0. The molecule has 1 aromatic carbocycles. The summed E-state index contributed by atoms with van der Waals surface area (Å²) in [5.41, 5.74) is 4.45. The van der Waals surface area contributed by atoms with Gasteiger partial charge in [0.25, 0.3) is 0 Å². The van der Waals surface area contributed by atoms with Crippen LogP contribution in [0.5, 0.6) is 0 Å². The topological polar surface area (TPSA) is 32.6 Å². The number of hydrogen-bond acceptors (Lipinski definition) is 4. The summed E-state index contributed by atoms with van der Waals surface area (Å²) in [5, 5.41) is 7.74. The van der Waals surface area contributed by atoms with Gasteiger partial charge in [-0.15, -0.1) is 0 Å². The van der Waals surface area contributed by atoms with Crippen LogP contribution in [0.25, 0.3) is 11.2 Å². The number of nitrogens with zero attached hydrogens (tertiary/aromatic N) is 3. The van der Waals surface area contributed by atoms with E-state index in [1.54, 1.807) is 11.9 Å². The van der Waals surface area contributed by atoms with Gasteiger partial charge in [0.15, 0.2) is 0 Å². The highest BCUT2D eigenvalue weighted by atomic mass is 32.2.